The summed E-state index contributed by atoms with van der Waals surface area (Å²) in [6, 6.07) is 20.4. The lowest BCUT2D eigenvalue weighted by Crippen LogP contribution is -2.25. The normalized spacial score (nSPS) is 12.6. The third-order valence-electron chi connectivity index (χ3n) is 5.85. The first-order valence-electron chi connectivity index (χ1n) is 11.1. The lowest BCUT2D eigenvalue weighted by molar-refractivity contribution is 0.0751. The number of hydrogen-bond acceptors (Lipinski definition) is 5. The number of benzene rings is 2. The Balaban J connectivity index is 1.31. The van der Waals surface area contributed by atoms with Gasteiger partial charge < -0.3 is 14.8 Å². The monoisotopic (exact) mass is 452 g/mol. The Morgan fingerprint density at radius 2 is 1.71 bits per heavy atom. The van der Waals surface area contributed by atoms with Crippen molar-refractivity contribution in [3.05, 3.63) is 95.3 Å². The number of anilines is 1. The Bertz CT molecular complexity index is 1360. The van der Waals surface area contributed by atoms with E-state index < -0.39 is 0 Å². The van der Waals surface area contributed by atoms with E-state index in [9.17, 15) is 9.59 Å². The molecule has 4 aromatic rings. The molecule has 170 valence electrons. The second kappa shape index (κ2) is 8.90. The number of amides is 2. The largest absolute Gasteiger partial charge is 0.330 e. The SMILES string of the molecule is CC(C)n1cnnc1-c1cccc(NC(=O)c2ccc3c(c2)CN(C(=O)c2ccccc2)C3)n1. The number of hydrogen-bond donors (Lipinski definition) is 1. The highest BCUT2D eigenvalue weighted by Crippen LogP contribution is 2.26. The van der Waals surface area contributed by atoms with Crippen LogP contribution < -0.4 is 5.32 Å². The molecule has 2 aromatic carbocycles. The molecule has 1 N–H and O–H groups in total. The van der Waals surface area contributed by atoms with E-state index in [0.717, 1.165) is 11.1 Å². The number of nitrogens with one attached hydrogen (secondary N) is 1. The van der Waals surface area contributed by atoms with Gasteiger partial charge in [0.15, 0.2) is 5.82 Å². The van der Waals surface area contributed by atoms with E-state index >= 15 is 0 Å². The van der Waals surface area contributed by atoms with Crippen molar-refractivity contribution in [3.8, 4) is 11.5 Å². The molecular formula is C26H24N6O2. The molecule has 1 aliphatic heterocycles. The van der Waals surface area contributed by atoms with Crippen LogP contribution in [0.1, 0.15) is 51.7 Å². The minimum Gasteiger partial charge on any atom is -0.330 e. The highest BCUT2D eigenvalue weighted by atomic mass is 16.2. The van der Waals surface area contributed by atoms with Crippen LogP contribution in [-0.4, -0.2) is 36.5 Å². The van der Waals surface area contributed by atoms with Crippen molar-refractivity contribution in [2.24, 2.45) is 0 Å². The van der Waals surface area contributed by atoms with Crippen LogP contribution in [0.15, 0.2) is 73.1 Å². The van der Waals surface area contributed by atoms with Crippen molar-refractivity contribution in [2.75, 3.05) is 5.32 Å². The number of carbonyl (C=O) groups is 2. The number of fused-ring (bicyclic) bond motifs is 1. The van der Waals surface area contributed by atoms with E-state index in [1.165, 1.54) is 0 Å². The van der Waals surface area contributed by atoms with Gasteiger partial charge in [0.2, 0.25) is 0 Å². The fourth-order valence-electron chi connectivity index (χ4n) is 4.06. The molecule has 8 heteroatoms. The van der Waals surface area contributed by atoms with Gasteiger partial charge in [-0.15, -0.1) is 10.2 Å². The van der Waals surface area contributed by atoms with Crippen LogP contribution in [0.25, 0.3) is 11.5 Å². The number of rotatable bonds is 5. The Labute approximate surface area is 197 Å². The smallest absolute Gasteiger partial charge is 0.256 e. The Morgan fingerprint density at radius 3 is 2.50 bits per heavy atom. The van der Waals surface area contributed by atoms with E-state index in [4.69, 9.17) is 0 Å². The van der Waals surface area contributed by atoms with Gasteiger partial charge in [0.1, 0.15) is 17.8 Å². The van der Waals surface area contributed by atoms with Gasteiger partial charge in [-0.3, -0.25) is 9.59 Å². The summed E-state index contributed by atoms with van der Waals surface area (Å²) in [6.07, 6.45) is 1.67. The van der Waals surface area contributed by atoms with Crippen LogP contribution in [-0.2, 0) is 13.1 Å². The summed E-state index contributed by atoms with van der Waals surface area (Å²) in [4.78, 5) is 32.1. The lowest BCUT2D eigenvalue weighted by Gasteiger charge is -2.15. The standard InChI is InChI=1S/C26H24N6O2/c1-17(2)32-16-27-30-24(32)22-9-6-10-23(28-22)29-25(33)19-11-12-20-14-31(15-21(20)13-19)26(34)18-7-4-3-5-8-18/h3-13,16-17H,14-15H2,1-2H3,(H,28,29,33). The molecule has 3 heterocycles. The second-order valence-electron chi connectivity index (χ2n) is 8.53. The third kappa shape index (κ3) is 4.17. The summed E-state index contributed by atoms with van der Waals surface area (Å²) in [5.74, 6) is 0.803. The fourth-order valence-corrected chi connectivity index (χ4v) is 4.06. The quantitative estimate of drug-likeness (QED) is 0.487. The van der Waals surface area contributed by atoms with Gasteiger partial charge in [-0.05, 0) is 61.4 Å². The van der Waals surface area contributed by atoms with Gasteiger partial charge in [-0.2, -0.15) is 0 Å². The molecule has 0 aliphatic carbocycles. The van der Waals surface area contributed by atoms with Crippen molar-refractivity contribution in [3.63, 3.8) is 0 Å². The molecule has 2 amide bonds. The summed E-state index contributed by atoms with van der Waals surface area (Å²) in [5.41, 5.74) is 3.84. The highest BCUT2D eigenvalue weighted by molar-refractivity contribution is 6.04. The van der Waals surface area contributed by atoms with Gasteiger partial charge in [-0.1, -0.05) is 30.3 Å². The van der Waals surface area contributed by atoms with E-state index in [1.807, 2.05) is 73.0 Å². The highest BCUT2D eigenvalue weighted by Gasteiger charge is 2.25. The number of nitrogens with zero attached hydrogens (tertiary/aromatic N) is 5. The minimum absolute atomic E-state index is 0.0157. The first kappa shape index (κ1) is 21.5. The molecule has 34 heavy (non-hydrogen) atoms. The summed E-state index contributed by atoms with van der Waals surface area (Å²) >= 11 is 0. The summed E-state index contributed by atoms with van der Waals surface area (Å²) in [7, 11) is 0. The Kier molecular flexibility index (Phi) is 5.63. The first-order chi connectivity index (χ1) is 16.5. The Morgan fingerprint density at radius 1 is 0.912 bits per heavy atom. The zero-order chi connectivity index (χ0) is 23.7. The van der Waals surface area contributed by atoms with Crippen LogP contribution in [0.5, 0.6) is 0 Å². The molecule has 2 aromatic heterocycles. The van der Waals surface area contributed by atoms with Crippen LogP contribution in [0.2, 0.25) is 0 Å². The molecule has 0 unspecified atom stereocenters. The predicted molar refractivity (Wildman–Crippen MR) is 128 cm³/mol. The molecule has 0 saturated carbocycles. The van der Waals surface area contributed by atoms with Crippen molar-refractivity contribution in [1.29, 1.82) is 0 Å². The third-order valence-corrected chi connectivity index (χ3v) is 5.85. The Hall–Kier alpha value is -4.33. The molecule has 8 nitrogen and oxygen atoms in total. The van der Waals surface area contributed by atoms with Crippen LogP contribution >= 0.6 is 0 Å². The average molecular weight is 453 g/mol. The molecule has 0 radical (unpaired) electrons. The maximum absolute atomic E-state index is 13.0. The molecule has 5 rings (SSSR count). The second-order valence-corrected chi connectivity index (χ2v) is 8.53. The molecule has 0 fully saturated rings. The zero-order valence-electron chi connectivity index (χ0n) is 19.0. The van der Waals surface area contributed by atoms with Crippen LogP contribution in [0, 0.1) is 0 Å². The molecular weight excluding hydrogens is 428 g/mol. The van der Waals surface area contributed by atoms with Gasteiger partial charge in [0.25, 0.3) is 11.8 Å². The zero-order valence-corrected chi connectivity index (χ0v) is 19.0. The molecule has 0 spiro atoms. The number of aromatic nitrogens is 4. The number of pyridine rings is 1. The van der Waals surface area contributed by atoms with Gasteiger partial charge in [0.05, 0.1) is 0 Å². The predicted octanol–water partition coefficient (Wildman–Crippen LogP) is 4.33. The van der Waals surface area contributed by atoms with Crippen LogP contribution in [0.3, 0.4) is 0 Å². The first-order valence-corrected chi connectivity index (χ1v) is 11.1. The van der Waals surface area contributed by atoms with Crippen LogP contribution in [0.4, 0.5) is 5.82 Å². The molecule has 0 saturated heterocycles. The summed E-state index contributed by atoms with van der Waals surface area (Å²) in [6.45, 7) is 5.09. The van der Waals surface area contributed by atoms with E-state index in [2.05, 4.69) is 20.5 Å². The fraction of sp³-hybridized carbons (Fsp3) is 0.192. The summed E-state index contributed by atoms with van der Waals surface area (Å²) < 4.78 is 1.93. The number of carbonyl (C=O) groups excluding carboxylic acids is 2. The van der Waals surface area contributed by atoms with Crippen molar-refractivity contribution in [1.82, 2.24) is 24.6 Å². The van der Waals surface area contributed by atoms with E-state index in [-0.39, 0.29) is 17.9 Å². The minimum atomic E-state index is -0.259. The molecule has 0 bridgehead atoms. The van der Waals surface area contributed by atoms with Crippen molar-refractivity contribution >= 4 is 17.6 Å². The van der Waals surface area contributed by atoms with Gasteiger partial charge in [-0.25, -0.2) is 4.98 Å². The van der Waals surface area contributed by atoms with Gasteiger partial charge in [0, 0.05) is 30.3 Å². The average Bonchev–Trinajstić information content (AvgIpc) is 3.51. The van der Waals surface area contributed by atoms with E-state index in [0.29, 0.717) is 41.6 Å². The maximum atomic E-state index is 13.0. The lowest BCUT2D eigenvalue weighted by atomic mass is 10.1. The molecule has 0 atom stereocenters. The topological polar surface area (TPSA) is 93.0 Å². The van der Waals surface area contributed by atoms with Gasteiger partial charge >= 0.3 is 0 Å². The summed E-state index contributed by atoms with van der Waals surface area (Å²) in [5, 5.41) is 11.0. The van der Waals surface area contributed by atoms with Crippen molar-refractivity contribution in [2.45, 2.75) is 33.0 Å². The molecule has 1 aliphatic rings. The maximum Gasteiger partial charge on any atom is 0.256 e. The van der Waals surface area contributed by atoms with Crippen molar-refractivity contribution < 1.29 is 9.59 Å². The van der Waals surface area contributed by atoms with E-state index in [1.54, 1.807) is 23.4 Å².